The smallest absolute Gasteiger partial charge is 0.233 e. The van der Waals surface area contributed by atoms with Crippen LogP contribution >= 0.6 is 11.8 Å². The molecular formula is C18H20N6OS. The van der Waals surface area contributed by atoms with Gasteiger partial charge in [-0.05, 0) is 19.3 Å². The largest absolute Gasteiger partial charge is 0.369 e. The average Bonchev–Trinajstić information content (AvgIpc) is 3.11. The second-order valence-electron chi connectivity index (χ2n) is 6.27. The van der Waals surface area contributed by atoms with Gasteiger partial charge in [-0.3, -0.25) is 4.79 Å². The standard InChI is InChI=1S/C18H20N6OS/c19-17-20-14(13-7-3-1-4-8-13)11-15-21-22-18(24(15)17)26-12-16(25)23-9-5-2-6-10-23/h1,3-4,7-8,11H,2,5-6,9-10,12H2,(H2,19,20). The summed E-state index contributed by atoms with van der Waals surface area (Å²) in [5.41, 5.74) is 8.51. The summed E-state index contributed by atoms with van der Waals surface area (Å²) in [6.07, 6.45) is 3.38. The fourth-order valence-corrected chi connectivity index (χ4v) is 3.98. The Morgan fingerprint density at radius 2 is 1.88 bits per heavy atom. The summed E-state index contributed by atoms with van der Waals surface area (Å²) in [4.78, 5) is 18.8. The number of anilines is 1. The van der Waals surface area contributed by atoms with Crippen molar-refractivity contribution >= 4 is 29.3 Å². The first-order chi connectivity index (χ1) is 12.7. The van der Waals surface area contributed by atoms with E-state index in [1.165, 1.54) is 18.2 Å². The fraction of sp³-hybridized carbons (Fsp3) is 0.333. The van der Waals surface area contributed by atoms with Crippen LogP contribution in [-0.4, -0.2) is 49.2 Å². The van der Waals surface area contributed by atoms with Crippen LogP contribution in [0.3, 0.4) is 0 Å². The summed E-state index contributed by atoms with van der Waals surface area (Å²) in [6.45, 7) is 1.70. The monoisotopic (exact) mass is 368 g/mol. The molecule has 4 rings (SSSR count). The molecule has 2 aromatic heterocycles. The zero-order valence-corrected chi connectivity index (χ0v) is 15.2. The SMILES string of the molecule is Nc1nc(-c2ccccc2)cc2nnc(SCC(=O)N3CCCCC3)n12. The van der Waals surface area contributed by atoms with E-state index in [0.717, 1.165) is 37.2 Å². The van der Waals surface area contributed by atoms with E-state index in [2.05, 4.69) is 15.2 Å². The van der Waals surface area contributed by atoms with Gasteiger partial charge in [-0.1, -0.05) is 42.1 Å². The maximum absolute atomic E-state index is 12.4. The third-order valence-electron chi connectivity index (χ3n) is 4.49. The van der Waals surface area contributed by atoms with Gasteiger partial charge >= 0.3 is 0 Å². The van der Waals surface area contributed by atoms with Crippen LogP contribution in [0, 0.1) is 0 Å². The van der Waals surface area contributed by atoms with Gasteiger partial charge < -0.3 is 10.6 Å². The maximum atomic E-state index is 12.4. The minimum atomic E-state index is 0.138. The molecule has 134 valence electrons. The van der Waals surface area contributed by atoms with Crippen molar-refractivity contribution in [2.75, 3.05) is 24.6 Å². The number of nitrogens with two attached hydrogens (primary N) is 1. The molecule has 0 spiro atoms. The number of piperidine rings is 1. The number of rotatable bonds is 4. The lowest BCUT2D eigenvalue weighted by atomic mass is 10.1. The second-order valence-corrected chi connectivity index (χ2v) is 7.21. The Labute approximate surface area is 155 Å². The number of carbonyl (C=O) groups is 1. The molecule has 1 saturated heterocycles. The van der Waals surface area contributed by atoms with Crippen LogP contribution in [-0.2, 0) is 4.79 Å². The molecule has 26 heavy (non-hydrogen) atoms. The topological polar surface area (TPSA) is 89.4 Å². The van der Waals surface area contributed by atoms with Gasteiger partial charge in [0.15, 0.2) is 10.8 Å². The molecule has 1 aliphatic rings. The van der Waals surface area contributed by atoms with Gasteiger partial charge in [0.25, 0.3) is 0 Å². The molecule has 0 saturated carbocycles. The molecule has 0 aliphatic carbocycles. The van der Waals surface area contributed by atoms with Crippen molar-refractivity contribution in [2.45, 2.75) is 24.4 Å². The van der Waals surface area contributed by atoms with Crippen LogP contribution in [0.2, 0.25) is 0 Å². The van der Waals surface area contributed by atoms with Crippen LogP contribution in [0.4, 0.5) is 5.95 Å². The van der Waals surface area contributed by atoms with Gasteiger partial charge in [0.2, 0.25) is 11.9 Å². The number of amides is 1. The zero-order chi connectivity index (χ0) is 17.9. The van der Waals surface area contributed by atoms with Crippen molar-refractivity contribution in [2.24, 2.45) is 0 Å². The normalized spacial score (nSPS) is 14.7. The molecule has 3 aromatic rings. The fourth-order valence-electron chi connectivity index (χ4n) is 3.13. The van der Waals surface area contributed by atoms with E-state index in [1.807, 2.05) is 41.3 Å². The number of aromatic nitrogens is 4. The van der Waals surface area contributed by atoms with Crippen molar-refractivity contribution in [3.8, 4) is 11.3 Å². The summed E-state index contributed by atoms with van der Waals surface area (Å²) in [5.74, 6) is 0.791. The van der Waals surface area contributed by atoms with Gasteiger partial charge in [-0.2, -0.15) is 0 Å². The molecule has 0 unspecified atom stereocenters. The van der Waals surface area contributed by atoms with Gasteiger partial charge in [0, 0.05) is 24.7 Å². The highest BCUT2D eigenvalue weighted by atomic mass is 32.2. The van der Waals surface area contributed by atoms with Crippen LogP contribution < -0.4 is 5.73 Å². The number of benzene rings is 1. The lowest BCUT2D eigenvalue weighted by Crippen LogP contribution is -2.36. The number of likely N-dealkylation sites (tertiary alicyclic amines) is 1. The molecular weight excluding hydrogens is 348 g/mol. The van der Waals surface area contributed by atoms with E-state index in [-0.39, 0.29) is 5.91 Å². The predicted octanol–water partition coefficient (Wildman–Crippen LogP) is 2.48. The van der Waals surface area contributed by atoms with E-state index < -0.39 is 0 Å². The lowest BCUT2D eigenvalue weighted by molar-refractivity contribution is -0.129. The van der Waals surface area contributed by atoms with Crippen molar-refractivity contribution in [3.05, 3.63) is 36.4 Å². The molecule has 1 aliphatic heterocycles. The molecule has 8 heteroatoms. The zero-order valence-electron chi connectivity index (χ0n) is 14.3. The Bertz CT molecular complexity index is 920. The van der Waals surface area contributed by atoms with E-state index in [0.29, 0.717) is 22.5 Å². The number of carbonyl (C=O) groups excluding carboxylic acids is 1. The number of hydrogen-bond donors (Lipinski definition) is 1. The van der Waals surface area contributed by atoms with Crippen LogP contribution in [0.5, 0.6) is 0 Å². The Hall–Kier alpha value is -2.61. The Balaban J connectivity index is 1.54. The Morgan fingerprint density at radius 3 is 2.65 bits per heavy atom. The molecule has 0 atom stereocenters. The van der Waals surface area contributed by atoms with E-state index in [9.17, 15) is 4.79 Å². The van der Waals surface area contributed by atoms with Gasteiger partial charge in [-0.15, -0.1) is 10.2 Å². The molecule has 1 fully saturated rings. The molecule has 0 bridgehead atoms. The number of nitrogen functional groups attached to an aromatic ring is 1. The van der Waals surface area contributed by atoms with Gasteiger partial charge in [-0.25, -0.2) is 9.38 Å². The molecule has 2 N–H and O–H groups in total. The van der Waals surface area contributed by atoms with Crippen LogP contribution in [0.25, 0.3) is 16.9 Å². The first-order valence-electron chi connectivity index (χ1n) is 8.70. The van der Waals surface area contributed by atoms with E-state index in [1.54, 1.807) is 4.40 Å². The van der Waals surface area contributed by atoms with Crippen molar-refractivity contribution < 1.29 is 4.79 Å². The average molecular weight is 368 g/mol. The second kappa shape index (κ2) is 7.33. The minimum absolute atomic E-state index is 0.138. The molecule has 0 radical (unpaired) electrons. The van der Waals surface area contributed by atoms with Crippen LogP contribution in [0.1, 0.15) is 19.3 Å². The molecule has 1 aromatic carbocycles. The maximum Gasteiger partial charge on any atom is 0.233 e. The third kappa shape index (κ3) is 3.37. The third-order valence-corrected chi connectivity index (χ3v) is 5.41. The van der Waals surface area contributed by atoms with E-state index >= 15 is 0 Å². The Morgan fingerprint density at radius 1 is 1.12 bits per heavy atom. The van der Waals surface area contributed by atoms with Crippen LogP contribution in [0.15, 0.2) is 41.6 Å². The highest BCUT2D eigenvalue weighted by molar-refractivity contribution is 7.99. The van der Waals surface area contributed by atoms with Gasteiger partial charge in [0.05, 0.1) is 11.4 Å². The van der Waals surface area contributed by atoms with Crippen molar-refractivity contribution in [1.29, 1.82) is 0 Å². The summed E-state index contributed by atoms with van der Waals surface area (Å²) in [6, 6.07) is 11.7. The highest BCUT2D eigenvalue weighted by Gasteiger charge is 2.19. The Kier molecular flexibility index (Phi) is 4.75. The summed E-state index contributed by atoms with van der Waals surface area (Å²) < 4.78 is 1.70. The first-order valence-corrected chi connectivity index (χ1v) is 9.68. The summed E-state index contributed by atoms with van der Waals surface area (Å²) in [5, 5.41) is 8.99. The number of thioether (sulfide) groups is 1. The number of hydrogen-bond acceptors (Lipinski definition) is 6. The molecule has 3 heterocycles. The first kappa shape index (κ1) is 16.8. The quantitative estimate of drug-likeness (QED) is 0.712. The van der Waals surface area contributed by atoms with Crippen molar-refractivity contribution in [1.82, 2.24) is 24.5 Å². The predicted molar refractivity (Wildman–Crippen MR) is 102 cm³/mol. The minimum Gasteiger partial charge on any atom is -0.369 e. The van der Waals surface area contributed by atoms with E-state index in [4.69, 9.17) is 5.73 Å². The number of nitrogens with zero attached hydrogens (tertiary/aromatic N) is 5. The summed E-state index contributed by atoms with van der Waals surface area (Å²) in [7, 11) is 0. The van der Waals surface area contributed by atoms with Gasteiger partial charge in [0.1, 0.15) is 0 Å². The highest BCUT2D eigenvalue weighted by Crippen LogP contribution is 2.24. The van der Waals surface area contributed by atoms with Crippen molar-refractivity contribution in [3.63, 3.8) is 0 Å². The number of fused-ring (bicyclic) bond motifs is 1. The summed E-state index contributed by atoms with van der Waals surface area (Å²) >= 11 is 1.35. The molecule has 7 nitrogen and oxygen atoms in total. The molecule has 1 amide bonds. The lowest BCUT2D eigenvalue weighted by Gasteiger charge is -2.26.